The molecular weight excluding hydrogens is 473 g/mol. The first-order chi connectivity index (χ1) is 15.3. The zero-order valence-corrected chi connectivity index (χ0v) is 21.9. The van der Waals surface area contributed by atoms with E-state index in [0.717, 1.165) is 51.4 Å². The average Bonchev–Trinajstić information content (AvgIpc) is 2.79. The summed E-state index contributed by atoms with van der Waals surface area (Å²) >= 11 is 0. The fourth-order valence-corrected chi connectivity index (χ4v) is 5.32. The van der Waals surface area contributed by atoms with Crippen molar-refractivity contribution >= 4 is 36.5 Å². The molecule has 0 spiro atoms. The van der Waals surface area contributed by atoms with Crippen LogP contribution in [0.4, 0.5) is 5.69 Å². The number of halogens is 2. The number of likely N-dealkylation sites (tertiary alicyclic amines) is 1. The molecule has 2 aliphatic rings. The van der Waals surface area contributed by atoms with Gasteiger partial charge in [0.1, 0.15) is 5.60 Å². The van der Waals surface area contributed by atoms with Crippen LogP contribution in [0.2, 0.25) is 0 Å². The van der Waals surface area contributed by atoms with Crippen LogP contribution in [0.5, 0.6) is 0 Å². The Kier molecular flexibility index (Phi) is 9.80. The number of anilines is 1. The number of nitrogen functional groups attached to an aromatic ring is 1. The number of morpholine rings is 1. The lowest BCUT2D eigenvalue weighted by Gasteiger charge is -2.57. The minimum absolute atomic E-state index is 0. The van der Waals surface area contributed by atoms with E-state index in [1.807, 2.05) is 18.2 Å². The van der Waals surface area contributed by atoms with E-state index in [4.69, 9.17) is 15.2 Å². The van der Waals surface area contributed by atoms with Crippen molar-refractivity contribution in [1.82, 2.24) is 9.80 Å². The highest BCUT2D eigenvalue weighted by atomic mass is 35.5. The van der Waals surface area contributed by atoms with Crippen molar-refractivity contribution in [3.63, 3.8) is 0 Å². The summed E-state index contributed by atoms with van der Waals surface area (Å²) in [7, 11) is 2.17. The van der Waals surface area contributed by atoms with Crippen LogP contribution in [-0.4, -0.2) is 68.3 Å². The fourth-order valence-electron chi connectivity index (χ4n) is 5.32. The second-order valence-electron chi connectivity index (χ2n) is 9.62. The first-order valence-corrected chi connectivity index (χ1v) is 11.5. The molecule has 2 N–H and O–H groups in total. The van der Waals surface area contributed by atoms with Crippen LogP contribution in [0, 0.1) is 5.41 Å². The maximum Gasteiger partial charge on any atom is 0.339 e. The van der Waals surface area contributed by atoms with Crippen molar-refractivity contribution in [2.75, 3.05) is 52.2 Å². The van der Waals surface area contributed by atoms with E-state index >= 15 is 0 Å². The summed E-state index contributed by atoms with van der Waals surface area (Å²) in [6.45, 7) is 9.42. The topological polar surface area (TPSA) is 68.0 Å². The van der Waals surface area contributed by atoms with Gasteiger partial charge in [0, 0.05) is 49.7 Å². The first-order valence-electron chi connectivity index (χ1n) is 11.5. The van der Waals surface area contributed by atoms with Gasteiger partial charge in [0.05, 0.1) is 18.8 Å². The highest BCUT2D eigenvalue weighted by Crippen LogP contribution is 2.51. The number of esters is 1. The largest absolute Gasteiger partial charge is 0.450 e. The summed E-state index contributed by atoms with van der Waals surface area (Å²) in [5.41, 5.74) is 6.98. The summed E-state index contributed by atoms with van der Waals surface area (Å²) < 4.78 is 12.2. The second-order valence-corrected chi connectivity index (χ2v) is 9.62. The molecule has 3 atom stereocenters. The molecule has 0 bridgehead atoms. The quantitative estimate of drug-likeness (QED) is 0.480. The van der Waals surface area contributed by atoms with Gasteiger partial charge in [0.15, 0.2) is 0 Å². The van der Waals surface area contributed by atoms with Gasteiger partial charge in [-0.3, -0.25) is 4.90 Å². The summed E-state index contributed by atoms with van der Waals surface area (Å²) in [6.07, 6.45) is 0.731. The zero-order valence-electron chi connectivity index (χ0n) is 20.2. The molecule has 2 aliphatic heterocycles. The number of hydrogen-bond acceptors (Lipinski definition) is 6. The van der Waals surface area contributed by atoms with E-state index in [9.17, 15) is 4.79 Å². The van der Waals surface area contributed by atoms with Crippen LogP contribution in [0.15, 0.2) is 54.6 Å². The zero-order chi connectivity index (χ0) is 22.8. The van der Waals surface area contributed by atoms with Gasteiger partial charge >= 0.3 is 5.97 Å². The van der Waals surface area contributed by atoms with Gasteiger partial charge in [-0.05, 0) is 43.8 Å². The third kappa shape index (κ3) is 5.69. The number of carbonyl (C=O) groups is 1. The Hall–Kier alpha value is -1.83. The number of nitrogens with two attached hydrogens (primary N) is 1. The molecule has 4 rings (SSSR count). The van der Waals surface area contributed by atoms with Crippen LogP contribution in [0.1, 0.15) is 36.2 Å². The van der Waals surface area contributed by atoms with Gasteiger partial charge in [-0.1, -0.05) is 37.3 Å². The van der Waals surface area contributed by atoms with Gasteiger partial charge in [-0.25, -0.2) is 4.79 Å². The van der Waals surface area contributed by atoms with Gasteiger partial charge in [-0.2, -0.15) is 0 Å². The third-order valence-electron chi connectivity index (χ3n) is 7.24. The highest BCUT2D eigenvalue weighted by molar-refractivity contribution is 5.90. The molecule has 2 aromatic rings. The van der Waals surface area contributed by atoms with Gasteiger partial charge in [0.2, 0.25) is 0 Å². The Balaban J connectivity index is 0.00000204. The van der Waals surface area contributed by atoms with Gasteiger partial charge < -0.3 is 20.1 Å². The molecular formula is C26H37Cl2N3O3. The smallest absolute Gasteiger partial charge is 0.339 e. The Labute approximate surface area is 215 Å². The number of carbonyl (C=O) groups excluding carboxylic acids is 1. The fraction of sp³-hybridized carbons (Fsp3) is 0.500. The Bertz CT molecular complexity index is 925. The molecule has 34 heavy (non-hydrogen) atoms. The molecule has 2 heterocycles. The Morgan fingerprint density at radius 2 is 1.71 bits per heavy atom. The molecule has 0 saturated carbocycles. The highest BCUT2D eigenvalue weighted by Gasteiger charge is 2.57. The van der Waals surface area contributed by atoms with Gasteiger partial charge in [-0.15, -0.1) is 24.8 Å². The van der Waals surface area contributed by atoms with Crippen molar-refractivity contribution < 1.29 is 14.3 Å². The minimum Gasteiger partial charge on any atom is -0.450 e. The summed E-state index contributed by atoms with van der Waals surface area (Å²) in [6, 6.07) is 17.5. The van der Waals surface area contributed by atoms with Crippen LogP contribution in [-0.2, 0) is 15.1 Å². The maximum atomic E-state index is 13.5. The van der Waals surface area contributed by atoms with Crippen molar-refractivity contribution in [3.8, 4) is 0 Å². The minimum atomic E-state index is -0.753. The molecule has 8 heteroatoms. The van der Waals surface area contributed by atoms with Crippen molar-refractivity contribution in [2.45, 2.75) is 31.9 Å². The predicted octanol–water partition coefficient (Wildman–Crippen LogP) is 4.23. The van der Waals surface area contributed by atoms with Crippen molar-refractivity contribution in [2.24, 2.45) is 5.41 Å². The Morgan fingerprint density at radius 3 is 2.32 bits per heavy atom. The Morgan fingerprint density at radius 1 is 1.09 bits per heavy atom. The maximum absolute atomic E-state index is 13.5. The monoisotopic (exact) mass is 509 g/mol. The van der Waals surface area contributed by atoms with Crippen LogP contribution in [0.3, 0.4) is 0 Å². The molecule has 0 aromatic heterocycles. The molecule has 0 radical (unpaired) electrons. The predicted molar refractivity (Wildman–Crippen MR) is 141 cm³/mol. The molecule has 0 amide bonds. The van der Waals surface area contributed by atoms with Crippen molar-refractivity contribution in [3.05, 3.63) is 65.7 Å². The van der Waals surface area contributed by atoms with Crippen LogP contribution < -0.4 is 5.73 Å². The SMILES string of the molecule is CC1CC(OC(=O)c2ccc(N)cc2)(c2ccccc2)C(C)(CN2CCOCC2)CN1C.Cl.Cl. The van der Waals surface area contributed by atoms with E-state index in [1.165, 1.54) is 0 Å². The lowest BCUT2D eigenvalue weighted by atomic mass is 9.63. The summed E-state index contributed by atoms with van der Waals surface area (Å²) in [4.78, 5) is 18.3. The van der Waals surface area contributed by atoms with Crippen LogP contribution in [0.25, 0.3) is 0 Å². The normalized spacial score (nSPS) is 27.8. The lowest BCUT2D eigenvalue weighted by Crippen LogP contribution is -2.64. The molecule has 188 valence electrons. The standard InChI is InChI=1S/C26H35N3O3.2ClH/c1-20-17-26(22-7-5-4-6-8-22,32-24(30)21-9-11-23(27)12-10-21)25(2,18-28(20)3)19-29-13-15-31-16-14-29;;/h4-12,20H,13-19,27H2,1-3H3;2*1H. The second kappa shape index (κ2) is 11.7. The average molecular weight is 511 g/mol. The molecule has 2 fully saturated rings. The van der Waals surface area contributed by atoms with E-state index < -0.39 is 5.60 Å². The van der Waals surface area contributed by atoms with Crippen molar-refractivity contribution in [1.29, 1.82) is 0 Å². The molecule has 2 aromatic carbocycles. The van der Waals surface area contributed by atoms with E-state index in [2.05, 4.69) is 42.8 Å². The summed E-state index contributed by atoms with van der Waals surface area (Å²) in [5.74, 6) is -0.307. The lowest BCUT2D eigenvalue weighted by molar-refractivity contribution is -0.163. The van der Waals surface area contributed by atoms with Crippen LogP contribution >= 0.6 is 24.8 Å². The van der Waals surface area contributed by atoms with E-state index in [1.54, 1.807) is 24.3 Å². The molecule has 3 unspecified atom stereocenters. The number of hydrogen-bond donors (Lipinski definition) is 1. The van der Waals surface area contributed by atoms with E-state index in [-0.39, 0.29) is 42.2 Å². The summed E-state index contributed by atoms with van der Waals surface area (Å²) in [5, 5.41) is 0. The molecule has 2 saturated heterocycles. The number of ether oxygens (including phenoxy) is 2. The molecule has 0 aliphatic carbocycles. The van der Waals surface area contributed by atoms with E-state index in [0.29, 0.717) is 11.3 Å². The van der Waals surface area contributed by atoms with Gasteiger partial charge in [0.25, 0.3) is 0 Å². The number of piperidine rings is 1. The number of benzene rings is 2. The first kappa shape index (κ1) is 28.4. The third-order valence-corrected chi connectivity index (χ3v) is 7.24. The number of rotatable bonds is 5. The molecule has 6 nitrogen and oxygen atoms in total. The number of nitrogens with zero attached hydrogens (tertiary/aromatic N) is 2.